The lowest BCUT2D eigenvalue weighted by atomic mass is 10.3. The molecule has 1 aliphatic rings. The predicted molar refractivity (Wildman–Crippen MR) is 57.0 cm³/mol. The van der Waals surface area contributed by atoms with Crippen LogP contribution in [0.15, 0.2) is 0 Å². The highest BCUT2D eigenvalue weighted by Gasteiger charge is 2.19. The lowest BCUT2D eigenvalue weighted by Gasteiger charge is -2.34. The van der Waals surface area contributed by atoms with Gasteiger partial charge in [-0.1, -0.05) is 15.9 Å². The predicted octanol–water partition coefficient (Wildman–Crippen LogP) is 0.439. The van der Waals surface area contributed by atoms with E-state index in [0.717, 1.165) is 32.7 Å². The van der Waals surface area contributed by atoms with Crippen LogP contribution in [0.3, 0.4) is 0 Å². The maximum Gasteiger partial charge on any atom is 0.233 e. The lowest BCUT2D eigenvalue weighted by molar-refractivity contribution is -0.129. The second kappa shape index (κ2) is 5.99. The van der Waals surface area contributed by atoms with Gasteiger partial charge in [-0.15, -0.1) is 0 Å². The number of hydrogen-bond acceptors (Lipinski definition) is 3. The summed E-state index contributed by atoms with van der Waals surface area (Å²) >= 11 is 3.16. The summed E-state index contributed by atoms with van der Waals surface area (Å²) in [6, 6.07) is 2.13. The van der Waals surface area contributed by atoms with Gasteiger partial charge in [-0.3, -0.25) is 9.69 Å². The first kappa shape index (κ1) is 11.5. The number of carbonyl (C=O) groups excluding carboxylic acids is 1. The first-order valence-electron chi connectivity index (χ1n) is 4.71. The normalized spacial score (nSPS) is 17.9. The number of amides is 1. The first-order chi connectivity index (χ1) is 6.77. The second-order valence-electron chi connectivity index (χ2n) is 3.26. The van der Waals surface area contributed by atoms with Gasteiger partial charge in [0.1, 0.15) is 0 Å². The van der Waals surface area contributed by atoms with Crippen molar-refractivity contribution >= 4 is 21.8 Å². The quantitative estimate of drug-likeness (QED) is 0.692. The molecule has 0 spiro atoms. The van der Waals surface area contributed by atoms with Crippen molar-refractivity contribution in [3.63, 3.8) is 0 Å². The summed E-state index contributed by atoms with van der Waals surface area (Å²) < 4.78 is 0. The van der Waals surface area contributed by atoms with Crippen LogP contribution in [0.5, 0.6) is 0 Å². The third kappa shape index (κ3) is 3.28. The standard InChI is InChI=1S/C9H14BrN3O/c10-8-9(14)13-6-4-12(5-7-13)3-1-2-11/h1,3-8H2. The van der Waals surface area contributed by atoms with Crippen LogP contribution in [0.25, 0.3) is 0 Å². The van der Waals surface area contributed by atoms with Crippen molar-refractivity contribution in [3.05, 3.63) is 0 Å². The van der Waals surface area contributed by atoms with Crippen molar-refractivity contribution in [1.82, 2.24) is 9.80 Å². The highest BCUT2D eigenvalue weighted by Crippen LogP contribution is 2.03. The summed E-state index contributed by atoms with van der Waals surface area (Å²) in [4.78, 5) is 15.4. The molecule has 0 N–H and O–H groups in total. The Morgan fingerprint density at radius 2 is 2.00 bits per heavy atom. The number of alkyl halides is 1. The van der Waals surface area contributed by atoms with Gasteiger partial charge in [0, 0.05) is 39.1 Å². The number of halogens is 1. The van der Waals surface area contributed by atoms with E-state index in [-0.39, 0.29) is 5.91 Å². The van der Waals surface area contributed by atoms with Gasteiger partial charge in [0.15, 0.2) is 0 Å². The zero-order valence-electron chi connectivity index (χ0n) is 8.08. The Hall–Kier alpha value is -0.600. The smallest absolute Gasteiger partial charge is 0.233 e. The molecule has 0 aromatic heterocycles. The van der Waals surface area contributed by atoms with Crippen LogP contribution in [0.1, 0.15) is 6.42 Å². The van der Waals surface area contributed by atoms with E-state index in [9.17, 15) is 4.79 Å². The van der Waals surface area contributed by atoms with E-state index in [1.807, 2.05) is 4.90 Å². The molecule has 4 nitrogen and oxygen atoms in total. The molecule has 1 rings (SSSR count). The van der Waals surface area contributed by atoms with Crippen LogP contribution in [-0.4, -0.2) is 53.8 Å². The van der Waals surface area contributed by atoms with Crippen LogP contribution in [0.2, 0.25) is 0 Å². The highest BCUT2D eigenvalue weighted by atomic mass is 79.9. The molecule has 0 unspecified atom stereocenters. The molecule has 0 radical (unpaired) electrons. The van der Waals surface area contributed by atoms with E-state index in [0.29, 0.717) is 11.8 Å². The molecular formula is C9H14BrN3O. The molecule has 0 bridgehead atoms. The van der Waals surface area contributed by atoms with Crippen molar-refractivity contribution in [3.8, 4) is 6.07 Å². The average molecular weight is 260 g/mol. The van der Waals surface area contributed by atoms with E-state index in [4.69, 9.17) is 5.26 Å². The third-order valence-electron chi connectivity index (χ3n) is 2.38. The van der Waals surface area contributed by atoms with E-state index in [1.165, 1.54) is 0 Å². The van der Waals surface area contributed by atoms with Gasteiger partial charge in [0.25, 0.3) is 0 Å². The zero-order valence-corrected chi connectivity index (χ0v) is 9.66. The van der Waals surface area contributed by atoms with Gasteiger partial charge < -0.3 is 4.90 Å². The molecule has 1 fully saturated rings. The molecule has 78 valence electrons. The largest absolute Gasteiger partial charge is 0.339 e. The zero-order chi connectivity index (χ0) is 10.4. The Kier molecular flexibility index (Phi) is 4.91. The van der Waals surface area contributed by atoms with Gasteiger partial charge in [-0.2, -0.15) is 5.26 Å². The molecule has 0 aromatic carbocycles. The molecule has 0 saturated carbocycles. The fraction of sp³-hybridized carbons (Fsp3) is 0.778. The van der Waals surface area contributed by atoms with E-state index in [1.54, 1.807) is 0 Å². The molecule has 1 saturated heterocycles. The molecule has 0 aromatic rings. The number of rotatable bonds is 3. The minimum atomic E-state index is 0.157. The highest BCUT2D eigenvalue weighted by molar-refractivity contribution is 9.09. The van der Waals surface area contributed by atoms with Crippen LogP contribution in [0.4, 0.5) is 0 Å². The molecule has 1 heterocycles. The van der Waals surface area contributed by atoms with Crippen LogP contribution in [-0.2, 0) is 4.79 Å². The van der Waals surface area contributed by atoms with Gasteiger partial charge in [-0.05, 0) is 0 Å². The van der Waals surface area contributed by atoms with Gasteiger partial charge >= 0.3 is 0 Å². The van der Waals surface area contributed by atoms with E-state index < -0.39 is 0 Å². The van der Waals surface area contributed by atoms with Crippen LogP contribution >= 0.6 is 15.9 Å². The SMILES string of the molecule is N#CCCN1CCN(C(=O)CBr)CC1. The summed E-state index contributed by atoms with van der Waals surface area (Å²) in [5.41, 5.74) is 0. The summed E-state index contributed by atoms with van der Waals surface area (Å²) in [6.45, 7) is 4.18. The molecule has 0 atom stereocenters. The maximum atomic E-state index is 11.3. The molecule has 14 heavy (non-hydrogen) atoms. The number of nitriles is 1. The Labute approximate surface area is 92.6 Å². The van der Waals surface area contributed by atoms with Crippen molar-refractivity contribution in [1.29, 1.82) is 5.26 Å². The van der Waals surface area contributed by atoms with Gasteiger partial charge in [-0.25, -0.2) is 0 Å². The van der Waals surface area contributed by atoms with Crippen molar-refractivity contribution in [2.75, 3.05) is 38.1 Å². The fourth-order valence-corrected chi connectivity index (χ4v) is 1.87. The molecule has 1 amide bonds. The first-order valence-corrected chi connectivity index (χ1v) is 5.83. The van der Waals surface area contributed by atoms with Crippen LogP contribution < -0.4 is 0 Å². The monoisotopic (exact) mass is 259 g/mol. The molecule has 5 heteroatoms. The number of carbonyl (C=O) groups is 1. The van der Waals surface area contributed by atoms with Crippen molar-refractivity contribution in [2.45, 2.75) is 6.42 Å². The van der Waals surface area contributed by atoms with Crippen molar-refractivity contribution < 1.29 is 4.79 Å². The summed E-state index contributed by atoms with van der Waals surface area (Å²) in [7, 11) is 0. The third-order valence-corrected chi connectivity index (χ3v) is 2.86. The minimum Gasteiger partial charge on any atom is -0.339 e. The Morgan fingerprint density at radius 3 is 2.50 bits per heavy atom. The topological polar surface area (TPSA) is 47.3 Å². The number of hydrogen-bond donors (Lipinski definition) is 0. The summed E-state index contributed by atoms with van der Waals surface area (Å²) in [5.74, 6) is 0.157. The number of nitrogens with zero attached hydrogens (tertiary/aromatic N) is 3. The summed E-state index contributed by atoms with van der Waals surface area (Å²) in [5, 5.41) is 8.84. The maximum absolute atomic E-state index is 11.3. The Bertz CT molecular complexity index is 231. The lowest BCUT2D eigenvalue weighted by Crippen LogP contribution is -2.49. The minimum absolute atomic E-state index is 0.157. The van der Waals surface area contributed by atoms with E-state index >= 15 is 0 Å². The van der Waals surface area contributed by atoms with E-state index in [2.05, 4.69) is 26.9 Å². The molecular weight excluding hydrogens is 246 g/mol. The van der Waals surface area contributed by atoms with Crippen LogP contribution in [0, 0.1) is 11.3 Å². The average Bonchev–Trinajstić information content (AvgIpc) is 2.26. The number of piperazine rings is 1. The summed E-state index contributed by atoms with van der Waals surface area (Å²) in [6.07, 6.45) is 0.576. The molecule has 0 aliphatic carbocycles. The fourth-order valence-electron chi connectivity index (χ4n) is 1.51. The van der Waals surface area contributed by atoms with Crippen molar-refractivity contribution in [2.24, 2.45) is 0 Å². The second-order valence-corrected chi connectivity index (χ2v) is 3.82. The van der Waals surface area contributed by atoms with Gasteiger partial charge in [0.05, 0.1) is 11.4 Å². The Balaban J connectivity index is 2.25. The molecule has 1 aliphatic heterocycles. The van der Waals surface area contributed by atoms with Gasteiger partial charge in [0.2, 0.25) is 5.91 Å². The Morgan fingerprint density at radius 1 is 1.36 bits per heavy atom.